The minimum Gasteiger partial charge on any atom is -0.455 e. The summed E-state index contributed by atoms with van der Waals surface area (Å²) in [5.41, 5.74) is 0.442. The Hall–Kier alpha value is -2.97. The molecule has 16 heteroatoms. The van der Waals surface area contributed by atoms with Gasteiger partial charge in [0, 0.05) is 19.3 Å². The predicted octanol–water partition coefficient (Wildman–Crippen LogP) is 2.00. The van der Waals surface area contributed by atoms with Gasteiger partial charge in [0.2, 0.25) is 5.91 Å². The topological polar surface area (TPSA) is 201 Å². The summed E-state index contributed by atoms with van der Waals surface area (Å²) < 4.78 is 34.7. The summed E-state index contributed by atoms with van der Waals surface area (Å²) in [4.78, 5) is 68.1. The molecule has 3 N–H and O–H groups in total. The van der Waals surface area contributed by atoms with Crippen LogP contribution in [0.1, 0.15) is 65.5 Å². The van der Waals surface area contributed by atoms with Gasteiger partial charge in [-0.15, -0.1) is 0 Å². The van der Waals surface area contributed by atoms with Gasteiger partial charge in [-0.05, 0) is 19.3 Å². The third kappa shape index (κ3) is 7.54. The molecular formula is C22H32N5O10P. The number of carbonyl (C=O) groups excluding carboxylic acids is 3. The molecule has 3 heterocycles. The highest BCUT2D eigenvalue weighted by atomic mass is 31.2. The van der Waals surface area contributed by atoms with Crippen molar-refractivity contribution in [3.63, 3.8) is 0 Å². The van der Waals surface area contributed by atoms with E-state index in [1.165, 1.54) is 17.2 Å². The molecule has 210 valence electrons. The van der Waals surface area contributed by atoms with E-state index in [4.69, 9.17) is 14.2 Å². The second kappa shape index (κ2) is 13.2. The first kappa shape index (κ1) is 29.6. The van der Waals surface area contributed by atoms with E-state index >= 15 is 0 Å². The Kier molecular flexibility index (Phi) is 10.3. The third-order valence-electron chi connectivity index (χ3n) is 5.50. The fourth-order valence-corrected chi connectivity index (χ4v) is 4.23. The number of aromatic nitrogens is 4. The van der Waals surface area contributed by atoms with Gasteiger partial charge in [0.15, 0.2) is 35.4 Å². The van der Waals surface area contributed by atoms with Gasteiger partial charge in [-0.2, -0.15) is 0 Å². The standard InChI is InChI=1S/C22H32N5O10P/c1-4-7-14(28)26-20-17-21(24-11-23-20)27(12-25-17)22-19(37-16(30)9-6-3)18(36-15(29)8-5-2)13(35-22)10-34-38(31,32)33/h11-13,18-19,22H,4-10H2,1-3H3,(H2,31,32,33)(H,23,24,26,28)/t13-,18-,19-,22-/m1/s1. The van der Waals surface area contributed by atoms with Gasteiger partial charge in [0.05, 0.1) is 12.9 Å². The van der Waals surface area contributed by atoms with Crippen LogP contribution < -0.4 is 5.32 Å². The van der Waals surface area contributed by atoms with Crippen molar-refractivity contribution in [3.8, 4) is 0 Å². The van der Waals surface area contributed by atoms with Crippen molar-refractivity contribution < 1.29 is 47.5 Å². The predicted molar refractivity (Wildman–Crippen MR) is 130 cm³/mol. The number of hydrogen-bond acceptors (Lipinski definition) is 11. The highest BCUT2D eigenvalue weighted by Gasteiger charge is 2.51. The fourth-order valence-electron chi connectivity index (χ4n) is 3.89. The molecule has 38 heavy (non-hydrogen) atoms. The summed E-state index contributed by atoms with van der Waals surface area (Å²) in [5, 5.41) is 2.68. The van der Waals surface area contributed by atoms with Crippen LogP contribution in [0.5, 0.6) is 0 Å². The molecule has 1 amide bonds. The van der Waals surface area contributed by atoms with Crippen LogP contribution in [0.3, 0.4) is 0 Å². The van der Waals surface area contributed by atoms with E-state index < -0.39 is 50.9 Å². The number of rotatable bonds is 13. The Morgan fingerprint density at radius 1 is 1.00 bits per heavy atom. The number of nitrogens with zero attached hydrogens (tertiary/aromatic N) is 4. The monoisotopic (exact) mass is 557 g/mol. The molecule has 0 radical (unpaired) electrons. The lowest BCUT2D eigenvalue weighted by molar-refractivity contribution is -0.168. The number of phosphoric acid groups is 1. The van der Waals surface area contributed by atoms with Gasteiger partial charge < -0.3 is 29.3 Å². The molecule has 3 rings (SSSR count). The van der Waals surface area contributed by atoms with Crippen LogP contribution in [-0.4, -0.2) is 72.1 Å². The van der Waals surface area contributed by atoms with Crippen molar-refractivity contribution in [2.24, 2.45) is 0 Å². The molecule has 0 aliphatic carbocycles. The molecule has 2 aromatic rings. The molecule has 1 saturated heterocycles. The SMILES string of the molecule is CCCC(=O)Nc1ncnc2c1ncn2[C@@H]1O[C@H](COP(=O)(O)O)[C@@H](OC(=O)CCC)[C@H]1OC(=O)CCC. The second-order valence-electron chi connectivity index (χ2n) is 8.60. The number of nitrogens with one attached hydrogen (secondary N) is 1. The number of anilines is 1. The van der Waals surface area contributed by atoms with E-state index in [2.05, 4.69) is 24.8 Å². The maximum Gasteiger partial charge on any atom is 0.469 e. The molecule has 1 fully saturated rings. The first-order valence-electron chi connectivity index (χ1n) is 12.3. The Balaban J connectivity index is 2.02. The third-order valence-corrected chi connectivity index (χ3v) is 5.99. The van der Waals surface area contributed by atoms with Gasteiger partial charge >= 0.3 is 19.8 Å². The second-order valence-corrected chi connectivity index (χ2v) is 9.84. The summed E-state index contributed by atoms with van der Waals surface area (Å²) >= 11 is 0. The van der Waals surface area contributed by atoms with Crippen LogP contribution in [0.4, 0.5) is 5.82 Å². The Morgan fingerprint density at radius 2 is 1.63 bits per heavy atom. The Labute approximate surface area is 218 Å². The molecule has 2 aromatic heterocycles. The zero-order valence-electron chi connectivity index (χ0n) is 21.3. The van der Waals surface area contributed by atoms with Crippen LogP contribution in [0.2, 0.25) is 0 Å². The van der Waals surface area contributed by atoms with E-state index in [0.29, 0.717) is 19.3 Å². The molecule has 1 aliphatic heterocycles. The number of fused-ring (bicyclic) bond motifs is 1. The van der Waals surface area contributed by atoms with Crippen LogP contribution in [0.25, 0.3) is 11.2 Å². The molecule has 0 spiro atoms. The first-order valence-corrected chi connectivity index (χ1v) is 13.8. The number of esters is 2. The average molecular weight is 557 g/mol. The Morgan fingerprint density at radius 3 is 2.24 bits per heavy atom. The summed E-state index contributed by atoms with van der Waals surface area (Å²) in [6, 6.07) is 0. The highest BCUT2D eigenvalue weighted by molar-refractivity contribution is 7.46. The molecule has 4 atom stereocenters. The number of phosphoric ester groups is 1. The van der Waals surface area contributed by atoms with Crippen molar-refractivity contribution in [3.05, 3.63) is 12.7 Å². The van der Waals surface area contributed by atoms with Crippen LogP contribution >= 0.6 is 7.82 Å². The first-order chi connectivity index (χ1) is 18.1. The zero-order valence-corrected chi connectivity index (χ0v) is 22.2. The summed E-state index contributed by atoms with van der Waals surface area (Å²) in [5.74, 6) is -1.30. The maximum atomic E-state index is 12.5. The zero-order chi connectivity index (χ0) is 27.9. The van der Waals surface area contributed by atoms with Gasteiger partial charge in [-0.3, -0.25) is 23.5 Å². The lowest BCUT2D eigenvalue weighted by Gasteiger charge is -2.24. The van der Waals surface area contributed by atoms with E-state index in [-0.39, 0.29) is 42.2 Å². The van der Waals surface area contributed by atoms with Crippen molar-refractivity contribution in [1.82, 2.24) is 19.5 Å². The molecule has 0 unspecified atom stereocenters. The van der Waals surface area contributed by atoms with Gasteiger partial charge in [-0.25, -0.2) is 19.5 Å². The number of hydrogen-bond donors (Lipinski definition) is 3. The molecule has 0 bridgehead atoms. The summed E-state index contributed by atoms with van der Waals surface area (Å²) in [6.45, 7) is 4.76. The normalized spacial score (nSPS) is 21.4. The van der Waals surface area contributed by atoms with Gasteiger partial charge in [-0.1, -0.05) is 20.8 Å². The Bertz CT molecular complexity index is 1180. The lowest BCUT2D eigenvalue weighted by Crippen LogP contribution is -2.41. The molecule has 15 nitrogen and oxygen atoms in total. The van der Waals surface area contributed by atoms with E-state index in [1.807, 2.05) is 6.92 Å². The summed E-state index contributed by atoms with van der Waals surface area (Å²) in [7, 11) is -4.90. The quantitative estimate of drug-likeness (QED) is 0.239. The lowest BCUT2D eigenvalue weighted by atomic mass is 10.1. The largest absolute Gasteiger partial charge is 0.469 e. The van der Waals surface area contributed by atoms with Crippen molar-refractivity contribution >= 4 is 42.7 Å². The van der Waals surface area contributed by atoms with Crippen molar-refractivity contribution in [1.29, 1.82) is 0 Å². The average Bonchev–Trinajstić information content (AvgIpc) is 3.40. The smallest absolute Gasteiger partial charge is 0.455 e. The summed E-state index contributed by atoms with van der Waals surface area (Å²) in [6.07, 6.45) is -0.312. The van der Waals surface area contributed by atoms with E-state index in [1.54, 1.807) is 13.8 Å². The molecular weight excluding hydrogens is 525 g/mol. The van der Waals surface area contributed by atoms with Gasteiger partial charge in [0.25, 0.3) is 0 Å². The number of carbonyl (C=O) groups is 3. The fraction of sp³-hybridized carbons (Fsp3) is 0.636. The maximum absolute atomic E-state index is 12.5. The van der Waals surface area contributed by atoms with Crippen molar-refractivity contribution in [2.45, 2.75) is 83.8 Å². The van der Waals surface area contributed by atoms with Crippen LogP contribution in [0, 0.1) is 0 Å². The van der Waals surface area contributed by atoms with Crippen LogP contribution in [0.15, 0.2) is 12.7 Å². The number of imidazole rings is 1. The molecule has 0 saturated carbocycles. The number of amides is 1. The highest BCUT2D eigenvalue weighted by Crippen LogP contribution is 2.41. The van der Waals surface area contributed by atoms with Gasteiger partial charge in [0.1, 0.15) is 12.4 Å². The van der Waals surface area contributed by atoms with Crippen molar-refractivity contribution in [2.75, 3.05) is 11.9 Å². The number of ether oxygens (including phenoxy) is 3. The minimum atomic E-state index is -4.90. The van der Waals surface area contributed by atoms with E-state index in [9.17, 15) is 28.7 Å². The molecule has 0 aromatic carbocycles. The van der Waals surface area contributed by atoms with Crippen LogP contribution in [-0.2, 0) is 37.7 Å². The minimum absolute atomic E-state index is 0.0604. The van der Waals surface area contributed by atoms with E-state index in [0.717, 1.165) is 0 Å². The molecule has 1 aliphatic rings.